The lowest BCUT2D eigenvalue weighted by molar-refractivity contribution is 0.701. The van der Waals surface area contributed by atoms with E-state index in [9.17, 15) is 0 Å². The lowest BCUT2D eigenvalue weighted by atomic mass is 10.4. The zero-order valence-corrected chi connectivity index (χ0v) is 6.76. The van der Waals surface area contributed by atoms with Gasteiger partial charge in [0.05, 0.1) is 0 Å². The molecule has 0 aromatic carbocycles. The maximum Gasteiger partial charge on any atom is 0.150 e. The molecular formula is C7H13N3. The van der Waals surface area contributed by atoms with Crippen molar-refractivity contribution in [2.24, 2.45) is 7.05 Å². The molecule has 0 amide bonds. The largest absolute Gasteiger partial charge is 0.253 e. The maximum absolute atomic E-state index is 4.30. The van der Waals surface area contributed by atoms with Crippen molar-refractivity contribution in [3.05, 3.63) is 11.6 Å². The summed E-state index contributed by atoms with van der Waals surface area (Å²) >= 11 is 0. The third kappa shape index (κ3) is 1.17. The molecule has 0 saturated heterocycles. The molecule has 0 spiro atoms. The maximum atomic E-state index is 4.30. The van der Waals surface area contributed by atoms with Crippen molar-refractivity contribution < 1.29 is 0 Å². The highest BCUT2D eigenvalue weighted by molar-refractivity contribution is 4.91. The Balaban J connectivity index is 2.92. The first-order valence-corrected chi connectivity index (χ1v) is 3.66. The predicted octanol–water partition coefficient (Wildman–Crippen LogP) is 0.940. The van der Waals surface area contributed by atoms with E-state index in [0.29, 0.717) is 0 Å². The van der Waals surface area contributed by atoms with Crippen molar-refractivity contribution in [2.75, 3.05) is 0 Å². The second-order valence-electron chi connectivity index (χ2n) is 2.27. The van der Waals surface area contributed by atoms with Crippen molar-refractivity contribution in [1.82, 2.24) is 14.8 Å². The van der Waals surface area contributed by atoms with Crippen LogP contribution in [0.3, 0.4) is 0 Å². The van der Waals surface area contributed by atoms with Gasteiger partial charge in [-0.25, -0.2) is 4.98 Å². The summed E-state index contributed by atoms with van der Waals surface area (Å²) in [6.45, 7) is 4.15. The van der Waals surface area contributed by atoms with Crippen LogP contribution < -0.4 is 0 Å². The van der Waals surface area contributed by atoms with Crippen LogP contribution in [0.5, 0.6) is 0 Å². The van der Waals surface area contributed by atoms with Gasteiger partial charge in [0.2, 0.25) is 0 Å². The molecule has 0 bridgehead atoms. The van der Waals surface area contributed by atoms with Crippen LogP contribution in [0.4, 0.5) is 0 Å². The highest BCUT2D eigenvalue weighted by Gasteiger charge is 2.01. The molecule has 1 aromatic rings. The highest BCUT2D eigenvalue weighted by Crippen LogP contribution is 1.96. The second-order valence-corrected chi connectivity index (χ2v) is 2.27. The highest BCUT2D eigenvalue weighted by atomic mass is 15.3. The molecule has 10 heavy (non-hydrogen) atoms. The fraction of sp³-hybridized carbons (Fsp3) is 0.714. The SMILES string of the molecule is CCc1nc(CC)n(C)n1. The van der Waals surface area contributed by atoms with Crippen molar-refractivity contribution in [2.45, 2.75) is 26.7 Å². The minimum Gasteiger partial charge on any atom is -0.253 e. The summed E-state index contributed by atoms with van der Waals surface area (Å²) in [5, 5.41) is 4.21. The van der Waals surface area contributed by atoms with Gasteiger partial charge in [0.25, 0.3) is 0 Å². The summed E-state index contributed by atoms with van der Waals surface area (Å²) in [6, 6.07) is 0. The smallest absolute Gasteiger partial charge is 0.150 e. The molecule has 0 radical (unpaired) electrons. The molecule has 3 heteroatoms. The summed E-state index contributed by atoms with van der Waals surface area (Å²) in [4.78, 5) is 4.30. The van der Waals surface area contributed by atoms with Crippen LogP contribution in [0.1, 0.15) is 25.5 Å². The van der Waals surface area contributed by atoms with Gasteiger partial charge in [0.1, 0.15) is 5.82 Å². The van der Waals surface area contributed by atoms with Crippen LogP contribution in [0.2, 0.25) is 0 Å². The summed E-state index contributed by atoms with van der Waals surface area (Å²) < 4.78 is 1.85. The Labute approximate surface area is 61.1 Å². The molecule has 0 atom stereocenters. The van der Waals surface area contributed by atoms with E-state index in [1.165, 1.54) is 0 Å². The van der Waals surface area contributed by atoms with Gasteiger partial charge < -0.3 is 0 Å². The monoisotopic (exact) mass is 139 g/mol. The number of aromatic nitrogens is 3. The Bertz CT molecular complexity index is 215. The fourth-order valence-electron chi connectivity index (χ4n) is 0.932. The summed E-state index contributed by atoms with van der Waals surface area (Å²) in [7, 11) is 1.94. The van der Waals surface area contributed by atoms with E-state index in [1.54, 1.807) is 0 Å². The molecule has 56 valence electrons. The number of rotatable bonds is 2. The Morgan fingerprint density at radius 3 is 2.30 bits per heavy atom. The molecule has 1 rings (SSSR count). The third-order valence-electron chi connectivity index (χ3n) is 1.53. The molecule has 0 aliphatic carbocycles. The van der Waals surface area contributed by atoms with Gasteiger partial charge in [-0.15, -0.1) is 0 Å². The molecule has 0 unspecified atom stereocenters. The van der Waals surface area contributed by atoms with Crippen molar-refractivity contribution >= 4 is 0 Å². The van der Waals surface area contributed by atoms with Crippen LogP contribution >= 0.6 is 0 Å². The number of nitrogens with zero attached hydrogens (tertiary/aromatic N) is 3. The minimum atomic E-state index is 0.924. The molecular weight excluding hydrogens is 126 g/mol. The van der Waals surface area contributed by atoms with Gasteiger partial charge >= 0.3 is 0 Å². The Morgan fingerprint density at radius 2 is 2.00 bits per heavy atom. The molecule has 0 aliphatic rings. The quantitative estimate of drug-likeness (QED) is 0.610. The van der Waals surface area contributed by atoms with Crippen molar-refractivity contribution in [1.29, 1.82) is 0 Å². The Hall–Kier alpha value is -0.860. The van der Waals surface area contributed by atoms with Gasteiger partial charge in [-0.3, -0.25) is 4.68 Å². The minimum absolute atomic E-state index is 0.924. The lowest BCUT2D eigenvalue weighted by Crippen LogP contribution is -1.96. The summed E-state index contributed by atoms with van der Waals surface area (Å²) in [5.74, 6) is 2.01. The summed E-state index contributed by atoms with van der Waals surface area (Å²) in [6.07, 6.45) is 1.89. The van der Waals surface area contributed by atoms with E-state index in [-0.39, 0.29) is 0 Å². The van der Waals surface area contributed by atoms with Crippen LogP contribution in [0.15, 0.2) is 0 Å². The van der Waals surface area contributed by atoms with E-state index in [0.717, 1.165) is 24.5 Å². The van der Waals surface area contributed by atoms with Gasteiger partial charge in [-0.2, -0.15) is 5.10 Å². The topological polar surface area (TPSA) is 30.7 Å². The molecule has 0 fully saturated rings. The van der Waals surface area contributed by atoms with Crippen LogP contribution in [0, 0.1) is 0 Å². The van der Waals surface area contributed by atoms with E-state index < -0.39 is 0 Å². The van der Waals surface area contributed by atoms with Crippen molar-refractivity contribution in [3.8, 4) is 0 Å². The predicted molar refractivity (Wildman–Crippen MR) is 39.8 cm³/mol. The van der Waals surface area contributed by atoms with E-state index in [1.807, 2.05) is 11.7 Å². The zero-order chi connectivity index (χ0) is 7.56. The van der Waals surface area contributed by atoms with Crippen LogP contribution in [-0.2, 0) is 19.9 Å². The van der Waals surface area contributed by atoms with Gasteiger partial charge in [0.15, 0.2) is 5.82 Å². The normalized spacial score (nSPS) is 10.3. The number of hydrogen-bond acceptors (Lipinski definition) is 2. The van der Waals surface area contributed by atoms with E-state index >= 15 is 0 Å². The molecule has 0 saturated carbocycles. The average molecular weight is 139 g/mol. The Kier molecular flexibility index (Phi) is 2.04. The first-order chi connectivity index (χ1) is 4.77. The first-order valence-electron chi connectivity index (χ1n) is 3.66. The number of aryl methyl sites for hydroxylation is 3. The molecule has 1 heterocycles. The molecule has 0 N–H and O–H groups in total. The lowest BCUT2D eigenvalue weighted by Gasteiger charge is -1.90. The van der Waals surface area contributed by atoms with Crippen LogP contribution in [-0.4, -0.2) is 14.8 Å². The standard InChI is InChI=1S/C7H13N3/c1-4-6-8-7(5-2)10(3)9-6/h4-5H2,1-3H3. The van der Waals surface area contributed by atoms with Crippen molar-refractivity contribution in [3.63, 3.8) is 0 Å². The van der Waals surface area contributed by atoms with Gasteiger partial charge in [-0.05, 0) is 0 Å². The molecule has 1 aromatic heterocycles. The Morgan fingerprint density at radius 1 is 1.30 bits per heavy atom. The van der Waals surface area contributed by atoms with Crippen LogP contribution in [0.25, 0.3) is 0 Å². The average Bonchev–Trinajstić information content (AvgIpc) is 2.30. The fourth-order valence-corrected chi connectivity index (χ4v) is 0.932. The number of hydrogen-bond donors (Lipinski definition) is 0. The van der Waals surface area contributed by atoms with E-state index in [2.05, 4.69) is 23.9 Å². The molecule has 0 aliphatic heterocycles. The van der Waals surface area contributed by atoms with E-state index in [4.69, 9.17) is 0 Å². The molecule has 3 nitrogen and oxygen atoms in total. The first kappa shape index (κ1) is 7.25. The summed E-state index contributed by atoms with van der Waals surface area (Å²) in [5.41, 5.74) is 0. The zero-order valence-electron chi connectivity index (χ0n) is 6.76. The van der Waals surface area contributed by atoms with Gasteiger partial charge in [0, 0.05) is 19.9 Å². The van der Waals surface area contributed by atoms with Gasteiger partial charge in [-0.1, -0.05) is 13.8 Å². The second kappa shape index (κ2) is 2.82. The third-order valence-corrected chi connectivity index (χ3v) is 1.53.